The number of methoxy groups -OCH3 is 1. The van der Waals surface area contributed by atoms with Crippen molar-refractivity contribution in [2.24, 2.45) is 5.10 Å². The van der Waals surface area contributed by atoms with E-state index in [4.69, 9.17) is 9.84 Å². The molecule has 1 aliphatic rings. The number of ether oxygens (including phenoxy) is 1. The number of hydrogen-bond acceptors (Lipinski definition) is 3. The van der Waals surface area contributed by atoms with Crippen molar-refractivity contribution in [2.75, 3.05) is 7.11 Å². The zero-order valence-electron chi connectivity index (χ0n) is 16.3. The Kier molecular flexibility index (Phi) is 5.72. The van der Waals surface area contributed by atoms with Crippen molar-refractivity contribution in [3.8, 4) is 5.75 Å². The van der Waals surface area contributed by atoms with Crippen molar-refractivity contribution in [1.82, 2.24) is 5.01 Å². The molecule has 0 N–H and O–H groups in total. The molecule has 0 saturated carbocycles. The van der Waals surface area contributed by atoms with Gasteiger partial charge in [0.1, 0.15) is 5.75 Å². The monoisotopic (exact) mass is 370 g/mol. The third-order valence-corrected chi connectivity index (χ3v) is 5.16. The average Bonchev–Trinajstić information content (AvgIpc) is 2.75. The second kappa shape index (κ2) is 8.75. The number of rotatable bonds is 6. The van der Waals surface area contributed by atoms with Gasteiger partial charge in [-0.15, -0.1) is 0 Å². The molecule has 0 heterocycles. The normalized spacial score (nSPS) is 14.5. The van der Waals surface area contributed by atoms with Gasteiger partial charge in [-0.3, -0.25) is 5.01 Å². The highest BCUT2D eigenvalue weighted by Gasteiger charge is 2.18. The maximum absolute atomic E-state index is 5.40. The van der Waals surface area contributed by atoms with Crippen LogP contribution in [0.1, 0.15) is 35.1 Å². The van der Waals surface area contributed by atoms with E-state index >= 15 is 0 Å². The Hall–Kier alpha value is -3.07. The largest absolute Gasteiger partial charge is 0.497 e. The first-order valence-corrected chi connectivity index (χ1v) is 9.89. The first-order valence-electron chi connectivity index (χ1n) is 9.89. The van der Waals surface area contributed by atoms with Crippen molar-refractivity contribution in [3.05, 3.63) is 101 Å². The number of fused-ring (bicyclic) bond motifs is 1. The number of aryl methyl sites for hydroxylation is 1. The zero-order valence-corrected chi connectivity index (χ0v) is 16.3. The molecule has 0 amide bonds. The smallest absolute Gasteiger partial charge is 0.119 e. The van der Waals surface area contributed by atoms with Gasteiger partial charge in [0.25, 0.3) is 0 Å². The number of benzene rings is 3. The fraction of sp³-hybridized carbons (Fsp3) is 0.240. The van der Waals surface area contributed by atoms with Crippen LogP contribution in [0.4, 0.5) is 0 Å². The molecule has 0 atom stereocenters. The quantitative estimate of drug-likeness (QED) is 0.540. The average molecular weight is 370 g/mol. The van der Waals surface area contributed by atoms with E-state index in [0.29, 0.717) is 0 Å². The van der Waals surface area contributed by atoms with Crippen LogP contribution in [0.2, 0.25) is 0 Å². The number of hydrazone groups is 1. The summed E-state index contributed by atoms with van der Waals surface area (Å²) in [7, 11) is 1.72. The molecule has 0 unspecified atom stereocenters. The summed E-state index contributed by atoms with van der Waals surface area (Å²) in [5.74, 6) is 0.922. The van der Waals surface area contributed by atoms with Crippen molar-refractivity contribution in [3.63, 3.8) is 0 Å². The third-order valence-electron chi connectivity index (χ3n) is 5.16. The highest BCUT2D eigenvalue weighted by atomic mass is 16.5. The van der Waals surface area contributed by atoms with Crippen molar-refractivity contribution >= 4 is 5.71 Å². The molecule has 0 saturated heterocycles. The summed E-state index contributed by atoms with van der Waals surface area (Å²) in [5, 5.41) is 7.33. The summed E-state index contributed by atoms with van der Waals surface area (Å²) in [4.78, 5) is 0. The molecule has 0 spiro atoms. The lowest BCUT2D eigenvalue weighted by molar-refractivity contribution is 0.270. The van der Waals surface area contributed by atoms with E-state index in [1.54, 1.807) is 7.11 Å². The summed E-state index contributed by atoms with van der Waals surface area (Å²) in [5.41, 5.74) is 6.32. The maximum Gasteiger partial charge on any atom is 0.119 e. The minimum Gasteiger partial charge on any atom is -0.497 e. The zero-order chi connectivity index (χ0) is 19.2. The molecule has 4 rings (SSSR count). The Morgan fingerprint density at radius 2 is 1.46 bits per heavy atom. The summed E-state index contributed by atoms with van der Waals surface area (Å²) < 4.78 is 5.40. The van der Waals surface area contributed by atoms with Crippen LogP contribution >= 0.6 is 0 Å². The molecule has 142 valence electrons. The van der Waals surface area contributed by atoms with Crippen LogP contribution in [0.5, 0.6) is 5.75 Å². The molecule has 0 fully saturated rings. The predicted octanol–water partition coefficient (Wildman–Crippen LogP) is 5.44. The summed E-state index contributed by atoms with van der Waals surface area (Å²) in [6, 6.07) is 27.5. The SMILES string of the molecule is COc1ccc2c(c1)CCC/C2=N\N(Cc1ccccc1)Cc1ccccc1. The first kappa shape index (κ1) is 18.3. The van der Waals surface area contributed by atoms with Gasteiger partial charge in [0.05, 0.1) is 25.9 Å². The fourth-order valence-electron chi connectivity index (χ4n) is 3.76. The van der Waals surface area contributed by atoms with Crippen LogP contribution in [0.25, 0.3) is 0 Å². The summed E-state index contributed by atoms with van der Waals surface area (Å²) in [6.07, 6.45) is 3.23. The van der Waals surface area contributed by atoms with Gasteiger partial charge >= 0.3 is 0 Å². The van der Waals surface area contributed by atoms with Crippen LogP contribution in [0.15, 0.2) is 84.0 Å². The van der Waals surface area contributed by atoms with Gasteiger partial charge in [0.15, 0.2) is 0 Å². The highest BCUT2D eigenvalue weighted by molar-refractivity contribution is 6.02. The third kappa shape index (κ3) is 4.42. The van der Waals surface area contributed by atoms with Gasteiger partial charge in [-0.05, 0) is 54.2 Å². The van der Waals surface area contributed by atoms with Crippen molar-refractivity contribution in [1.29, 1.82) is 0 Å². The molecular formula is C25H26N2O. The molecule has 3 aromatic rings. The Balaban J connectivity index is 1.65. The minimum atomic E-state index is 0.796. The van der Waals surface area contributed by atoms with Gasteiger partial charge in [-0.1, -0.05) is 60.7 Å². The maximum atomic E-state index is 5.40. The lowest BCUT2D eigenvalue weighted by Gasteiger charge is -2.24. The van der Waals surface area contributed by atoms with Gasteiger partial charge < -0.3 is 4.74 Å². The molecule has 0 bridgehead atoms. The summed E-state index contributed by atoms with van der Waals surface area (Å²) >= 11 is 0. The molecule has 0 radical (unpaired) electrons. The molecule has 3 heteroatoms. The van der Waals surface area contributed by atoms with Crippen LogP contribution < -0.4 is 4.74 Å². The van der Waals surface area contributed by atoms with E-state index < -0.39 is 0 Å². The minimum absolute atomic E-state index is 0.796. The standard InChI is InChI=1S/C25H26N2O/c1-28-23-15-16-24-22(17-23)13-8-14-25(24)26-27(18-20-9-4-2-5-10-20)19-21-11-6-3-7-12-21/h2-7,9-12,15-17H,8,13-14,18-19H2,1H3/b26-25+. The van der Waals surface area contributed by atoms with Gasteiger partial charge in [0, 0.05) is 5.56 Å². The Morgan fingerprint density at radius 3 is 2.07 bits per heavy atom. The number of hydrogen-bond donors (Lipinski definition) is 0. The second-order valence-corrected chi connectivity index (χ2v) is 7.22. The highest BCUT2D eigenvalue weighted by Crippen LogP contribution is 2.26. The van der Waals surface area contributed by atoms with E-state index in [9.17, 15) is 0 Å². The first-order chi connectivity index (χ1) is 13.8. The van der Waals surface area contributed by atoms with E-state index in [-0.39, 0.29) is 0 Å². The van der Waals surface area contributed by atoms with Gasteiger partial charge in [-0.25, -0.2) is 0 Å². The van der Waals surface area contributed by atoms with Crippen molar-refractivity contribution < 1.29 is 4.74 Å². The fourth-order valence-corrected chi connectivity index (χ4v) is 3.76. The molecule has 3 aromatic carbocycles. The lowest BCUT2D eigenvalue weighted by Crippen LogP contribution is -2.22. The molecule has 0 aliphatic heterocycles. The molecule has 1 aliphatic carbocycles. The van der Waals surface area contributed by atoms with Gasteiger partial charge in [-0.2, -0.15) is 5.10 Å². The Labute approximate surface area is 167 Å². The van der Waals surface area contributed by atoms with Crippen LogP contribution in [0.3, 0.4) is 0 Å². The van der Waals surface area contributed by atoms with Crippen LogP contribution in [-0.2, 0) is 19.5 Å². The lowest BCUT2D eigenvalue weighted by atomic mass is 9.90. The van der Waals surface area contributed by atoms with Crippen molar-refractivity contribution in [2.45, 2.75) is 32.4 Å². The van der Waals surface area contributed by atoms with E-state index in [0.717, 1.165) is 38.1 Å². The van der Waals surface area contributed by atoms with E-state index in [2.05, 4.69) is 77.8 Å². The predicted molar refractivity (Wildman–Crippen MR) is 115 cm³/mol. The molecule has 28 heavy (non-hydrogen) atoms. The molecule has 0 aromatic heterocycles. The topological polar surface area (TPSA) is 24.8 Å². The second-order valence-electron chi connectivity index (χ2n) is 7.22. The van der Waals surface area contributed by atoms with Crippen LogP contribution in [0, 0.1) is 0 Å². The van der Waals surface area contributed by atoms with E-state index in [1.165, 1.54) is 28.0 Å². The van der Waals surface area contributed by atoms with Crippen LogP contribution in [-0.4, -0.2) is 17.8 Å². The number of nitrogens with zero attached hydrogens (tertiary/aromatic N) is 2. The Bertz CT molecular complexity index is 894. The Morgan fingerprint density at radius 1 is 0.821 bits per heavy atom. The molecular weight excluding hydrogens is 344 g/mol. The van der Waals surface area contributed by atoms with Gasteiger partial charge in [0.2, 0.25) is 0 Å². The molecule has 3 nitrogen and oxygen atoms in total. The summed E-state index contributed by atoms with van der Waals surface area (Å²) in [6.45, 7) is 1.59. The van der Waals surface area contributed by atoms with E-state index in [1.807, 2.05) is 6.07 Å².